The number of hydrogen-bond acceptors (Lipinski definition) is 5. The van der Waals surface area contributed by atoms with Crippen LogP contribution in [0.4, 0.5) is 0 Å². The van der Waals surface area contributed by atoms with E-state index in [0.717, 1.165) is 25.0 Å². The Hall–Kier alpha value is -2.70. The van der Waals surface area contributed by atoms with Crippen LogP contribution >= 0.6 is 0 Å². The Morgan fingerprint density at radius 1 is 1.24 bits per heavy atom. The molecule has 0 saturated carbocycles. The molecule has 1 amide bonds. The summed E-state index contributed by atoms with van der Waals surface area (Å²) in [5.74, 6) is -0.492. The summed E-state index contributed by atoms with van der Waals surface area (Å²) in [7, 11) is 0. The van der Waals surface area contributed by atoms with Crippen LogP contribution in [0, 0.1) is 6.92 Å². The molecule has 25 heavy (non-hydrogen) atoms. The molecule has 7 heteroatoms. The molecule has 2 aromatic rings. The van der Waals surface area contributed by atoms with E-state index in [-0.39, 0.29) is 24.6 Å². The molecule has 1 aliphatic rings. The van der Waals surface area contributed by atoms with E-state index in [1.165, 1.54) is 10.5 Å². The summed E-state index contributed by atoms with van der Waals surface area (Å²) in [6.45, 7) is 2.28. The fourth-order valence-corrected chi connectivity index (χ4v) is 3.00. The molecule has 0 N–H and O–H groups in total. The van der Waals surface area contributed by atoms with E-state index in [1.54, 1.807) is 11.0 Å². The van der Waals surface area contributed by atoms with Crippen molar-refractivity contribution in [2.75, 3.05) is 13.1 Å². The van der Waals surface area contributed by atoms with Crippen molar-refractivity contribution in [3.63, 3.8) is 0 Å². The number of hydrogen-bond donors (Lipinski definition) is 0. The molecule has 132 valence electrons. The minimum Gasteiger partial charge on any atom is -0.458 e. The average Bonchev–Trinajstić information content (AvgIpc) is 2.77. The topological polar surface area (TPSA) is 81.0 Å². The molecule has 0 bridgehead atoms. The summed E-state index contributed by atoms with van der Waals surface area (Å²) in [5.41, 5.74) is 1.49. The molecule has 0 atom stereocenters. The smallest absolute Gasteiger partial charge is 0.326 e. The molecule has 1 aliphatic heterocycles. The zero-order valence-corrected chi connectivity index (χ0v) is 14.2. The van der Waals surface area contributed by atoms with Gasteiger partial charge in [-0.2, -0.15) is 0 Å². The zero-order chi connectivity index (χ0) is 17.8. The summed E-state index contributed by atoms with van der Waals surface area (Å²) in [4.78, 5) is 42.0. The molecule has 0 spiro atoms. The molecular weight excluding hydrogens is 322 g/mol. The van der Waals surface area contributed by atoms with E-state index >= 15 is 0 Å². The Kier molecular flexibility index (Phi) is 5.11. The first-order chi connectivity index (χ1) is 12.0. The van der Waals surface area contributed by atoms with Crippen molar-refractivity contribution < 1.29 is 14.3 Å². The molecule has 1 saturated heterocycles. The van der Waals surface area contributed by atoms with E-state index in [1.807, 2.05) is 19.1 Å². The maximum atomic E-state index is 12.2. The van der Waals surface area contributed by atoms with E-state index in [2.05, 4.69) is 4.98 Å². The van der Waals surface area contributed by atoms with Crippen molar-refractivity contribution in [1.29, 1.82) is 0 Å². The van der Waals surface area contributed by atoms with Gasteiger partial charge in [0, 0.05) is 24.7 Å². The monoisotopic (exact) mass is 343 g/mol. The number of carbonyl (C=O) groups excluding carboxylic acids is 2. The molecule has 3 heterocycles. The maximum absolute atomic E-state index is 12.2. The third kappa shape index (κ3) is 4.04. The summed E-state index contributed by atoms with van der Waals surface area (Å²) < 4.78 is 6.71. The summed E-state index contributed by atoms with van der Waals surface area (Å²) in [6, 6.07) is 6.74. The minimum absolute atomic E-state index is 0.00741. The largest absolute Gasteiger partial charge is 0.458 e. The standard InChI is InChI=1S/C18H21N3O4/c1-13-6-5-7-15-19-14(10-17(23)21(13)15)12-25-18(24)11-20-9-4-2-3-8-16(20)22/h5-7,10H,2-4,8-9,11-12H2,1H3. The number of pyridine rings is 1. The summed E-state index contributed by atoms with van der Waals surface area (Å²) in [6.07, 6.45) is 3.26. The van der Waals surface area contributed by atoms with Crippen LogP contribution in [0.1, 0.15) is 37.1 Å². The van der Waals surface area contributed by atoms with Gasteiger partial charge in [0.25, 0.3) is 5.56 Å². The normalized spacial score (nSPS) is 15.2. The van der Waals surface area contributed by atoms with Gasteiger partial charge in [-0.15, -0.1) is 0 Å². The molecule has 7 nitrogen and oxygen atoms in total. The van der Waals surface area contributed by atoms with Gasteiger partial charge in [-0.05, 0) is 31.9 Å². The van der Waals surface area contributed by atoms with E-state index in [0.29, 0.717) is 24.3 Å². The average molecular weight is 343 g/mol. The first-order valence-electron chi connectivity index (χ1n) is 8.46. The zero-order valence-electron chi connectivity index (χ0n) is 14.2. The maximum Gasteiger partial charge on any atom is 0.326 e. The third-order valence-corrected chi connectivity index (χ3v) is 4.31. The van der Waals surface area contributed by atoms with Gasteiger partial charge in [-0.25, -0.2) is 4.98 Å². The fourth-order valence-electron chi connectivity index (χ4n) is 3.00. The highest BCUT2D eigenvalue weighted by Gasteiger charge is 2.20. The van der Waals surface area contributed by atoms with Crippen LogP contribution in [0.2, 0.25) is 0 Å². The molecule has 3 rings (SSSR count). The van der Waals surface area contributed by atoms with Crippen molar-refractivity contribution in [2.24, 2.45) is 0 Å². The molecule has 1 fully saturated rings. The van der Waals surface area contributed by atoms with Crippen LogP contribution in [0.15, 0.2) is 29.1 Å². The SMILES string of the molecule is Cc1cccc2nc(COC(=O)CN3CCCCCC3=O)cc(=O)n12. The lowest BCUT2D eigenvalue weighted by Gasteiger charge is -2.19. The van der Waals surface area contributed by atoms with Crippen LogP contribution in [0.5, 0.6) is 0 Å². The number of aromatic nitrogens is 2. The highest BCUT2D eigenvalue weighted by molar-refractivity contribution is 5.82. The summed E-state index contributed by atoms with van der Waals surface area (Å²) in [5, 5.41) is 0. The second-order valence-corrected chi connectivity index (χ2v) is 6.23. The van der Waals surface area contributed by atoms with Crippen LogP contribution in [-0.4, -0.2) is 39.3 Å². The number of nitrogens with zero attached hydrogens (tertiary/aromatic N) is 3. The van der Waals surface area contributed by atoms with Gasteiger partial charge in [0.05, 0.1) is 5.69 Å². The van der Waals surface area contributed by atoms with Crippen LogP contribution < -0.4 is 5.56 Å². The van der Waals surface area contributed by atoms with Crippen molar-refractivity contribution in [3.8, 4) is 0 Å². The number of ether oxygens (including phenoxy) is 1. The minimum atomic E-state index is -0.485. The van der Waals surface area contributed by atoms with E-state index < -0.39 is 5.97 Å². The molecular formula is C18H21N3O4. The highest BCUT2D eigenvalue weighted by atomic mass is 16.5. The first-order valence-corrected chi connectivity index (χ1v) is 8.46. The third-order valence-electron chi connectivity index (χ3n) is 4.31. The van der Waals surface area contributed by atoms with Crippen molar-refractivity contribution in [1.82, 2.24) is 14.3 Å². The first kappa shape index (κ1) is 17.1. The van der Waals surface area contributed by atoms with Crippen molar-refractivity contribution in [3.05, 3.63) is 46.0 Å². The van der Waals surface area contributed by atoms with Gasteiger partial charge in [-0.3, -0.25) is 18.8 Å². The van der Waals surface area contributed by atoms with Crippen molar-refractivity contribution >= 4 is 17.5 Å². The fraction of sp³-hybridized carbons (Fsp3) is 0.444. The highest BCUT2D eigenvalue weighted by Crippen LogP contribution is 2.11. The van der Waals surface area contributed by atoms with Gasteiger partial charge in [0.15, 0.2) is 0 Å². The number of esters is 1. The van der Waals surface area contributed by atoms with Gasteiger partial charge >= 0.3 is 5.97 Å². The predicted octanol–water partition coefficient (Wildman–Crippen LogP) is 1.45. The molecule has 0 aliphatic carbocycles. The predicted molar refractivity (Wildman–Crippen MR) is 91.0 cm³/mol. The Balaban J connectivity index is 1.65. The number of likely N-dealkylation sites (tertiary alicyclic amines) is 1. The second kappa shape index (κ2) is 7.46. The van der Waals surface area contributed by atoms with Gasteiger partial charge < -0.3 is 9.64 Å². The summed E-state index contributed by atoms with van der Waals surface area (Å²) >= 11 is 0. The van der Waals surface area contributed by atoms with Crippen LogP contribution in [-0.2, 0) is 20.9 Å². The number of rotatable bonds is 4. The lowest BCUT2D eigenvalue weighted by molar-refractivity contribution is -0.150. The number of aryl methyl sites for hydroxylation is 1. The molecule has 0 unspecified atom stereocenters. The van der Waals surface area contributed by atoms with Gasteiger partial charge in [-0.1, -0.05) is 12.5 Å². The van der Waals surface area contributed by atoms with Gasteiger partial charge in [0.1, 0.15) is 18.8 Å². The van der Waals surface area contributed by atoms with E-state index in [4.69, 9.17) is 4.74 Å². The molecule has 2 aromatic heterocycles. The Morgan fingerprint density at radius 3 is 2.92 bits per heavy atom. The quantitative estimate of drug-likeness (QED) is 0.785. The molecule has 0 aromatic carbocycles. The molecule has 0 radical (unpaired) electrons. The Bertz CT molecular complexity index is 859. The van der Waals surface area contributed by atoms with Gasteiger partial charge in [0.2, 0.25) is 5.91 Å². The number of amides is 1. The Morgan fingerprint density at radius 2 is 2.08 bits per heavy atom. The lowest BCUT2D eigenvalue weighted by atomic mass is 10.2. The second-order valence-electron chi connectivity index (χ2n) is 6.23. The van der Waals surface area contributed by atoms with Crippen LogP contribution in [0.25, 0.3) is 5.65 Å². The van der Waals surface area contributed by atoms with Crippen LogP contribution in [0.3, 0.4) is 0 Å². The Labute approximate surface area is 145 Å². The number of fused-ring (bicyclic) bond motifs is 1. The van der Waals surface area contributed by atoms with Crippen molar-refractivity contribution in [2.45, 2.75) is 39.2 Å². The lowest BCUT2D eigenvalue weighted by Crippen LogP contribution is -2.36. The van der Waals surface area contributed by atoms with E-state index in [9.17, 15) is 14.4 Å². The number of carbonyl (C=O) groups is 2.